The number of halogens is 1. The van der Waals surface area contributed by atoms with E-state index in [-0.39, 0.29) is 17.7 Å². The molecule has 32 heavy (non-hydrogen) atoms. The van der Waals surface area contributed by atoms with Crippen LogP contribution in [0.15, 0.2) is 30.5 Å². The molecule has 0 unspecified atom stereocenters. The van der Waals surface area contributed by atoms with Crippen molar-refractivity contribution in [1.82, 2.24) is 19.7 Å². The second-order valence-corrected chi connectivity index (χ2v) is 9.69. The van der Waals surface area contributed by atoms with Gasteiger partial charge in [0.25, 0.3) is 0 Å². The van der Waals surface area contributed by atoms with Crippen LogP contribution in [-0.4, -0.2) is 30.8 Å². The first-order valence-corrected chi connectivity index (χ1v) is 11.1. The van der Waals surface area contributed by atoms with Crippen molar-refractivity contribution in [3.05, 3.63) is 53.1 Å². The van der Waals surface area contributed by atoms with Gasteiger partial charge in [0.1, 0.15) is 5.82 Å². The van der Waals surface area contributed by atoms with E-state index in [2.05, 4.69) is 34.7 Å². The molecule has 7 heteroatoms. The number of carboxylic acids is 1. The van der Waals surface area contributed by atoms with E-state index in [0.29, 0.717) is 24.1 Å². The number of aromatic nitrogens is 4. The molecule has 166 valence electrons. The van der Waals surface area contributed by atoms with Crippen molar-refractivity contribution < 1.29 is 14.3 Å². The fourth-order valence-corrected chi connectivity index (χ4v) is 5.31. The minimum Gasteiger partial charge on any atom is -0.481 e. The maximum atomic E-state index is 14.1. The predicted octanol–water partition coefficient (Wildman–Crippen LogP) is 5.83. The predicted molar refractivity (Wildman–Crippen MR) is 122 cm³/mol. The molecule has 3 heterocycles. The quantitative estimate of drug-likeness (QED) is 0.423. The van der Waals surface area contributed by atoms with E-state index in [1.807, 2.05) is 13.0 Å². The van der Waals surface area contributed by atoms with Crippen LogP contribution in [0.5, 0.6) is 0 Å². The summed E-state index contributed by atoms with van der Waals surface area (Å²) >= 11 is 0. The van der Waals surface area contributed by atoms with Gasteiger partial charge in [0.2, 0.25) is 0 Å². The minimum atomic E-state index is -0.743. The molecule has 0 spiro atoms. The number of carboxylic acid groups (broad SMARTS) is 1. The first kappa shape index (κ1) is 20.7. The summed E-state index contributed by atoms with van der Waals surface area (Å²) in [5.74, 6) is -0.725. The Labute approximate surface area is 185 Å². The van der Waals surface area contributed by atoms with Gasteiger partial charge in [-0.05, 0) is 74.8 Å². The molecule has 2 atom stereocenters. The van der Waals surface area contributed by atoms with Crippen molar-refractivity contribution in [3.63, 3.8) is 0 Å². The molecule has 0 radical (unpaired) electrons. The molecule has 0 bridgehead atoms. The number of fused-ring (bicyclic) bond motifs is 2. The third kappa shape index (κ3) is 3.02. The zero-order valence-electron chi connectivity index (χ0n) is 18.7. The van der Waals surface area contributed by atoms with E-state index >= 15 is 0 Å². The number of hydrogen-bond acceptors (Lipinski definition) is 3. The Morgan fingerprint density at radius 2 is 2.12 bits per heavy atom. The van der Waals surface area contributed by atoms with Crippen LogP contribution in [0.3, 0.4) is 0 Å². The maximum Gasteiger partial charge on any atom is 0.309 e. The van der Waals surface area contributed by atoms with E-state index in [0.717, 1.165) is 39.8 Å². The first-order chi connectivity index (χ1) is 15.2. The minimum absolute atomic E-state index is 0.0895. The highest BCUT2D eigenvalue weighted by Gasteiger charge is 2.44. The second kappa shape index (κ2) is 7.15. The number of benzene rings is 1. The number of aryl methyl sites for hydroxylation is 1. The number of aliphatic carboxylic acids is 1. The van der Waals surface area contributed by atoms with Crippen molar-refractivity contribution in [1.29, 1.82) is 0 Å². The Kier molecular flexibility index (Phi) is 4.62. The van der Waals surface area contributed by atoms with Gasteiger partial charge in [0, 0.05) is 22.3 Å². The summed E-state index contributed by atoms with van der Waals surface area (Å²) in [5, 5.41) is 17.8. The smallest absolute Gasteiger partial charge is 0.309 e. The van der Waals surface area contributed by atoms with Crippen molar-refractivity contribution in [2.75, 3.05) is 0 Å². The molecule has 5 rings (SSSR count). The Morgan fingerprint density at radius 3 is 2.78 bits per heavy atom. The summed E-state index contributed by atoms with van der Waals surface area (Å²) in [4.78, 5) is 16.9. The van der Waals surface area contributed by atoms with Crippen LogP contribution < -0.4 is 0 Å². The fourth-order valence-electron chi connectivity index (χ4n) is 5.31. The number of nitrogens with one attached hydrogen (secondary N) is 1. The molecular formula is C25H27FN4O2. The number of carbonyl (C=O) groups is 1. The third-order valence-electron chi connectivity index (χ3n) is 7.03. The summed E-state index contributed by atoms with van der Waals surface area (Å²) in [6, 6.07) is 7.23. The highest BCUT2D eigenvalue weighted by molar-refractivity contribution is 5.94. The van der Waals surface area contributed by atoms with Gasteiger partial charge in [-0.2, -0.15) is 5.10 Å². The third-order valence-corrected chi connectivity index (χ3v) is 7.03. The monoisotopic (exact) mass is 434 g/mol. The van der Waals surface area contributed by atoms with E-state index in [1.54, 1.807) is 19.2 Å². The molecule has 1 saturated carbocycles. The van der Waals surface area contributed by atoms with Crippen molar-refractivity contribution in [2.45, 2.75) is 58.8 Å². The molecule has 6 nitrogen and oxygen atoms in total. The van der Waals surface area contributed by atoms with Crippen molar-refractivity contribution in [3.8, 4) is 5.69 Å². The van der Waals surface area contributed by atoms with Crippen molar-refractivity contribution >= 4 is 28.0 Å². The van der Waals surface area contributed by atoms with Crippen LogP contribution >= 0.6 is 0 Å². The highest BCUT2D eigenvalue weighted by atomic mass is 19.1. The summed E-state index contributed by atoms with van der Waals surface area (Å²) < 4.78 is 16.3. The molecule has 1 aromatic carbocycles. The standard InChI is InChI=1S/C25H27FN4O2/c1-13(2)22-20(15-7-8-25(4,11-15)24(31)32)21-19(10-16-12-27-29-23(16)28-21)30(22)17-5-6-18(26)14(3)9-17/h5-6,9-10,12-13,15H,7-8,11H2,1-4H3,(H,31,32)(H,27,28,29)/t15-,25-/m1/s1. The number of pyridine rings is 1. The van der Waals surface area contributed by atoms with E-state index in [1.165, 1.54) is 6.07 Å². The number of nitrogens with zero attached hydrogens (tertiary/aromatic N) is 3. The largest absolute Gasteiger partial charge is 0.481 e. The van der Waals surface area contributed by atoms with Gasteiger partial charge in [-0.15, -0.1) is 0 Å². The van der Waals surface area contributed by atoms with Gasteiger partial charge in [0.05, 0.1) is 22.6 Å². The fraction of sp³-hybridized carbons (Fsp3) is 0.400. The van der Waals surface area contributed by atoms with E-state index in [9.17, 15) is 14.3 Å². The Morgan fingerprint density at radius 1 is 1.34 bits per heavy atom. The lowest BCUT2D eigenvalue weighted by atomic mass is 9.85. The average molecular weight is 435 g/mol. The lowest BCUT2D eigenvalue weighted by Crippen LogP contribution is -2.23. The lowest BCUT2D eigenvalue weighted by Gasteiger charge is -2.20. The van der Waals surface area contributed by atoms with E-state index < -0.39 is 11.4 Å². The molecule has 1 fully saturated rings. The summed E-state index contributed by atoms with van der Waals surface area (Å²) in [7, 11) is 0. The van der Waals surface area contributed by atoms with Crippen LogP contribution in [0.4, 0.5) is 4.39 Å². The Hall–Kier alpha value is -3.22. The number of H-pyrrole nitrogens is 1. The van der Waals surface area contributed by atoms with Gasteiger partial charge >= 0.3 is 5.97 Å². The van der Waals surface area contributed by atoms with Gasteiger partial charge in [-0.1, -0.05) is 13.8 Å². The molecule has 0 aliphatic heterocycles. The lowest BCUT2D eigenvalue weighted by molar-refractivity contribution is -0.147. The van der Waals surface area contributed by atoms with Gasteiger partial charge < -0.3 is 9.67 Å². The highest BCUT2D eigenvalue weighted by Crippen LogP contribution is 2.51. The number of aromatic amines is 1. The van der Waals surface area contributed by atoms with Crippen LogP contribution in [0.2, 0.25) is 0 Å². The van der Waals surface area contributed by atoms with Gasteiger partial charge in [-0.25, -0.2) is 9.37 Å². The normalized spacial score (nSPS) is 21.2. The summed E-state index contributed by atoms with van der Waals surface area (Å²) in [6.45, 7) is 7.89. The van der Waals surface area contributed by atoms with Gasteiger partial charge in [-0.3, -0.25) is 9.89 Å². The first-order valence-electron chi connectivity index (χ1n) is 11.1. The molecule has 3 aromatic heterocycles. The zero-order valence-corrected chi connectivity index (χ0v) is 18.7. The Balaban J connectivity index is 1.84. The topological polar surface area (TPSA) is 83.8 Å². The number of hydrogen-bond donors (Lipinski definition) is 2. The van der Waals surface area contributed by atoms with E-state index in [4.69, 9.17) is 4.98 Å². The van der Waals surface area contributed by atoms with Crippen LogP contribution in [-0.2, 0) is 4.79 Å². The SMILES string of the molecule is Cc1cc(-n2c(C(C)C)c([C@@H]3CC[C@@](C)(C(=O)O)C3)c3nc4[nH]ncc4cc32)ccc1F. The van der Waals surface area contributed by atoms with Crippen molar-refractivity contribution in [2.24, 2.45) is 5.41 Å². The second-order valence-electron chi connectivity index (χ2n) is 9.69. The number of rotatable bonds is 4. The molecule has 2 N–H and O–H groups in total. The summed E-state index contributed by atoms with van der Waals surface area (Å²) in [5.41, 5.74) is 5.46. The maximum absolute atomic E-state index is 14.1. The van der Waals surface area contributed by atoms with Crippen LogP contribution in [0.25, 0.3) is 27.8 Å². The average Bonchev–Trinajstić information content (AvgIpc) is 3.43. The summed E-state index contributed by atoms with van der Waals surface area (Å²) in [6.07, 6.45) is 3.76. The molecule has 0 amide bonds. The Bertz CT molecular complexity index is 1370. The molecule has 1 aliphatic rings. The molecular weight excluding hydrogens is 407 g/mol. The van der Waals surface area contributed by atoms with Gasteiger partial charge in [0.15, 0.2) is 5.65 Å². The molecule has 1 aliphatic carbocycles. The molecule has 0 saturated heterocycles. The van der Waals surface area contributed by atoms with Crippen LogP contribution in [0, 0.1) is 18.2 Å². The van der Waals surface area contributed by atoms with Crippen LogP contribution in [0.1, 0.15) is 68.7 Å². The zero-order chi connectivity index (χ0) is 22.8. The molecule has 4 aromatic rings.